The Balaban J connectivity index is 1.57. The molecule has 1 unspecified atom stereocenters. The summed E-state index contributed by atoms with van der Waals surface area (Å²) in [4.78, 5) is 0. The highest BCUT2D eigenvalue weighted by atomic mass is 19.1. The number of allylic oxidation sites excluding steroid dienone is 1. The van der Waals surface area contributed by atoms with Crippen LogP contribution in [0.2, 0.25) is 0 Å². The number of halogens is 1. The zero-order valence-corrected chi connectivity index (χ0v) is 13.1. The molecule has 0 N–H and O–H groups in total. The summed E-state index contributed by atoms with van der Waals surface area (Å²) in [6.07, 6.45) is 8.15. The van der Waals surface area contributed by atoms with Gasteiger partial charge in [-0.15, -0.1) is 0 Å². The number of fused-ring (bicyclic) bond motifs is 2. The zero-order valence-electron chi connectivity index (χ0n) is 13.1. The van der Waals surface area contributed by atoms with Crippen molar-refractivity contribution >= 4 is 6.08 Å². The van der Waals surface area contributed by atoms with Gasteiger partial charge in [-0.05, 0) is 66.5 Å². The first-order valence-corrected chi connectivity index (χ1v) is 8.31. The van der Waals surface area contributed by atoms with Crippen molar-refractivity contribution in [1.29, 1.82) is 0 Å². The van der Waals surface area contributed by atoms with Crippen molar-refractivity contribution in [2.45, 2.75) is 32.3 Å². The second-order valence-electron chi connectivity index (χ2n) is 7.22. The van der Waals surface area contributed by atoms with E-state index in [2.05, 4.69) is 18.1 Å². The molecule has 3 aliphatic rings. The molecule has 1 aromatic heterocycles. The van der Waals surface area contributed by atoms with Crippen LogP contribution >= 0.6 is 0 Å². The molecule has 4 heteroatoms. The highest BCUT2D eigenvalue weighted by Gasteiger charge is 2.52. The Morgan fingerprint density at radius 2 is 2.09 bits per heavy atom. The normalized spacial score (nSPS) is 31.5. The lowest BCUT2D eigenvalue weighted by molar-refractivity contribution is 0.209. The topological polar surface area (TPSA) is 30.4 Å². The summed E-state index contributed by atoms with van der Waals surface area (Å²) >= 11 is 0. The average Bonchev–Trinajstić information content (AvgIpc) is 3.21. The van der Waals surface area contributed by atoms with Crippen molar-refractivity contribution in [3.05, 3.63) is 53.1 Å². The molecule has 3 atom stereocenters. The summed E-state index contributed by atoms with van der Waals surface area (Å²) in [6.45, 7) is 3.31. The average molecular weight is 310 g/mol. The zero-order chi connectivity index (χ0) is 15.6. The molecule has 0 radical (unpaired) electrons. The van der Waals surface area contributed by atoms with Crippen LogP contribution in [-0.2, 0) is 11.2 Å². The Kier molecular flexibility index (Phi) is 2.66. The van der Waals surface area contributed by atoms with Gasteiger partial charge in [0.1, 0.15) is 5.82 Å². The molecule has 118 valence electrons. The highest BCUT2D eigenvalue weighted by molar-refractivity contribution is 5.62. The molecule has 1 saturated heterocycles. The van der Waals surface area contributed by atoms with E-state index in [0.717, 1.165) is 30.8 Å². The molecule has 1 aliphatic heterocycles. The van der Waals surface area contributed by atoms with Crippen LogP contribution in [0.4, 0.5) is 4.39 Å². The van der Waals surface area contributed by atoms with Crippen LogP contribution in [0.5, 0.6) is 0 Å². The molecule has 2 heterocycles. The number of hydrogen-bond donors (Lipinski definition) is 0. The highest BCUT2D eigenvalue weighted by Crippen LogP contribution is 2.56. The lowest BCUT2D eigenvalue weighted by Gasteiger charge is -2.35. The van der Waals surface area contributed by atoms with Crippen molar-refractivity contribution in [2.24, 2.45) is 11.3 Å². The van der Waals surface area contributed by atoms with E-state index in [0.29, 0.717) is 12.0 Å². The lowest BCUT2D eigenvalue weighted by Crippen LogP contribution is -2.31. The third-order valence-electron chi connectivity index (χ3n) is 5.91. The van der Waals surface area contributed by atoms with E-state index >= 15 is 0 Å². The van der Waals surface area contributed by atoms with Gasteiger partial charge in [0.2, 0.25) is 0 Å². The van der Waals surface area contributed by atoms with E-state index in [1.807, 2.05) is 10.9 Å². The van der Waals surface area contributed by atoms with Crippen molar-refractivity contribution < 1.29 is 9.13 Å². The minimum Gasteiger partial charge on any atom is -0.373 e. The minimum absolute atomic E-state index is 0.213. The second kappa shape index (κ2) is 4.54. The molecular weight excluding hydrogens is 291 g/mol. The molecule has 0 amide bonds. The summed E-state index contributed by atoms with van der Waals surface area (Å²) in [5.74, 6) is 0.417. The Labute approximate surface area is 134 Å². The van der Waals surface area contributed by atoms with Gasteiger partial charge in [-0.2, -0.15) is 5.10 Å². The fourth-order valence-electron chi connectivity index (χ4n) is 4.55. The minimum atomic E-state index is -0.219. The van der Waals surface area contributed by atoms with Crippen molar-refractivity contribution in [1.82, 2.24) is 9.78 Å². The molecule has 1 saturated carbocycles. The maximum Gasteiger partial charge on any atom is 0.123 e. The molecule has 5 rings (SSSR count). The molecule has 3 nitrogen and oxygen atoms in total. The quantitative estimate of drug-likeness (QED) is 0.791. The molecule has 2 aliphatic carbocycles. The van der Waals surface area contributed by atoms with E-state index < -0.39 is 0 Å². The number of benzene rings is 1. The van der Waals surface area contributed by atoms with Gasteiger partial charge in [0.25, 0.3) is 0 Å². The van der Waals surface area contributed by atoms with E-state index in [1.54, 1.807) is 12.1 Å². The largest absolute Gasteiger partial charge is 0.373 e. The van der Waals surface area contributed by atoms with Crippen LogP contribution in [0.1, 0.15) is 31.0 Å². The van der Waals surface area contributed by atoms with Crippen LogP contribution in [-0.4, -0.2) is 22.5 Å². The van der Waals surface area contributed by atoms with Gasteiger partial charge >= 0.3 is 0 Å². The lowest BCUT2D eigenvalue weighted by atomic mass is 9.69. The number of aromatic nitrogens is 2. The maximum absolute atomic E-state index is 13.2. The standard InChI is InChI=1S/C19H19FN2O/c1-19-9-12-10-21-22(15-5-3-14(20)4-6-15)17(12)8-13(19)2-7-16(19)18-11-23-18/h3-6,8,10,16,18H,2,7,9,11H2,1H3/t16-,18+,19?/m1/s1. The Bertz CT molecular complexity index is 803. The second-order valence-corrected chi connectivity index (χ2v) is 7.22. The van der Waals surface area contributed by atoms with Gasteiger partial charge in [0, 0.05) is 0 Å². The summed E-state index contributed by atoms with van der Waals surface area (Å²) < 4.78 is 20.7. The van der Waals surface area contributed by atoms with Gasteiger partial charge < -0.3 is 4.74 Å². The van der Waals surface area contributed by atoms with Crippen LogP contribution in [0.15, 0.2) is 36.0 Å². The first kappa shape index (κ1) is 13.5. The number of nitrogens with zero attached hydrogens (tertiary/aromatic N) is 2. The third kappa shape index (κ3) is 1.94. The molecular formula is C19H19FN2O. The predicted molar refractivity (Wildman–Crippen MR) is 85.8 cm³/mol. The van der Waals surface area contributed by atoms with Gasteiger partial charge in [-0.3, -0.25) is 0 Å². The van der Waals surface area contributed by atoms with Gasteiger partial charge in [0.15, 0.2) is 0 Å². The Morgan fingerprint density at radius 1 is 1.30 bits per heavy atom. The molecule has 0 spiro atoms. The number of hydrogen-bond acceptors (Lipinski definition) is 2. The smallest absolute Gasteiger partial charge is 0.123 e. The van der Waals surface area contributed by atoms with Crippen molar-refractivity contribution in [3.63, 3.8) is 0 Å². The maximum atomic E-state index is 13.2. The predicted octanol–water partition coefficient (Wildman–Crippen LogP) is 3.77. The Hall–Kier alpha value is -1.94. The number of ether oxygens (including phenoxy) is 1. The summed E-state index contributed by atoms with van der Waals surface area (Å²) in [5, 5.41) is 4.56. The first-order chi connectivity index (χ1) is 11.1. The fraction of sp³-hybridized carbons (Fsp3) is 0.421. The molecule has 0 bridgehead atoms. The van der Waals surface area contributed by atoms with Crippen molar-refractivity contribution in [3.8, 4) is 5.69 Å². The SMILES string of the molecule is CC12Cc3cnn(-c4ccc(F)cc4)c3C=C1CC[C@@H]2[C@@H]1CO1. The first-order valence-electron chi connectivity index (χ1n) is 8.31. The van der Waals surface area contributed by atoms with Gasteiger partial charge in [0.05, 0.1) is 30.3 Å². The molecule has 2 aromatic rings. The molecule has 1 aromatic carbocycles. The monoisotopic (exact) mass is 310 g/mol. The molecule has 2 fully saturated rings. The van der Waals surface area contributed by atoms with E-state index in [-0.39, 0.29) is 11.2 Å². The van der Waals surface area contributed by atoms with E-state index in [4.69, 9.17) is 4.74 Å². The van der Waals surface area contributed by atoms with Crippen LogP contribution in [0.25, 0.3) is 11.8 Å². The van der Waals surface area contributed by atoms with Crippen LogP contribution < -0.4 is 0 Å². The number of epoxide rings is 1. The summed E-state index contributed by atoms with van der Waals surface area (Å²) in [5.41, 5.74) is 5.09. The van der Waals surface area contributed by atoms with Gasteiger partial charge in [-0.1, -0.05) is 12.5 Å². The number of rotatable bonds is 2. The summed E-state index contributed by atoms with van der Waals surface area (Å²) in [6, 6.07) is 6.54. The van der Waals surface area contributed by atoms with E-state index in [9.17, 15) is 4.39 Å². The van der Waals surface area contributed by atoms with Gasteiger partial charge in [-0.25, -0.2) is 9.07 Å². The van der Waals surface area contributed by atoms with E-state index in [1.165, 1.54) is 29.7 Å². The Morgan fingerprint density at radius 3 is 2.83 bits per heavy atom. The summed E-state index contributed by atoms with van der Waals surface area (Å²) in [7, 11) is 0. The molecule has 23 heavy (non-hydrogen) atoms. The van der Waals surface area contributed by atoms with Crippen LogP contribution in [0, 0.1) is 17.2 Å². The third-order valence-corrected chi connectivity index (χ3v) is 5.91. The van der Waals surface area contributed by atoms with Crippen molar-refractivity contribution in [2.75, 3.05) is 6.61 Å². The van der Waals surface area contributed by atoms with Crippen LogP contribution in [0.3, 0.4) is 0 Å². The fourth-order valence-corrected chi connectivity index (χ4v) is 4.55.